The Bertz CT molecular complexity index is 492. The average Bonchev–Trinajstić information content (AvgIpc) is 2.30. The van der Waals surface area contributed by atoms with E-state index in [2.05, 4.69) is 5.32 Å². The van der Waals surface area contributed by atoms with Crippen molar-refractivity contribution in [3.05, 3.63) is 29.3 Å². The predicted octanol–water partition coefficient (Wildman–Crippen LogP) is 1.98. The molecule has 1 atom stereocenters. The van der Waals surface area contributed by atoms with Crippen molar-refractivity contribution in [1.82, 2.24) is 5.32 Å². The van der Waals surface area contributed by atoms with E-state index in [0.717, 1.165) is 5.56 Å². The number of phenolic OH excluding ortho intramolecular Hbond substituents is 1. The Balaban J connectivity index is 2.57. The zero-order valence-corrected chi connectivity index (χ0v) is 12.6. The largest absolute Gasteiger partial charge is 0.507 e. The monoisotopic (exact) mass is 283 g/mol. The second-order valence-electron chi connectivity index (χ2n) is 5.44. The minimum atomic E-state index is -0.997. The molecular weight excluding hydrogens is 262 g/mol. The minimum absolute atomic E-state index is 0.0416. The lowest BCUT2D eigenvalue weighted by molar-refractivity contribution is 0.0953. The fourth-order valence-corrected chi connectivity index (χ4v) is 2.39. The lowest BCUT2D eigenvalue weighted by atomic mass is 10.1. The van der Waals surface area contributed by atoms with Crippen molar-refractivity contribution in [2.24, 2.45) is 0 Å². The van der Waals surface area contributed by atoms with Crippen LogP contribution in [0.1, 0.15) is 36.7 Å². The third kappa shape index (κ3) is 4.67. The molecule has 0 saturated carbocycles. The molecule has 0 unspecified atom stereocenters. The first-order valence-corrected chi connectivity index (χ1v) is 7.50. The average molecular weight is 283 g/mol. The maximum atomic E-state index is 11.9. The van der Waals surface area contributed by atoms with Crippen LogP contribution in [-0.4, -0.2) is 32.3 Å². The molecule has 2 N–H and O–H groups in total. The number of benzene rings is 1. The van der Waals surface area contributed by atoms with E-state index in [9.17, 15) is 14.1 Å². The van der Waals surface area contributed by atoms with Crippen LogP contribution >= 0.6 is 0 Å². The first kappa shape index (κ1) is 15.7. The Morgan fingerprint density at radius 2 is 2.00 bits per heavy atom. The first-order valence-electron chi connectivity index (χ1n) is 6.18. The highest BCUT2D eigenvalue weighted by Crippen LogP contribution is 2.17. The molecule has 0 heterocycles. The number of nitrogens with one attached hydrogen (secondary N) is 1. The van der Waals surface area contributed by atoms with Gasteiger partial charge in [0.15, 0.2) is 0 Å². The Labute approximate surface area is 116 Å². The fraction of sp³-hybridized carbons (Fsp3) is 0.500. The second kappa shape index (κ2) is 6.19. The topological polar surface area (TPSA) is 66.4 Å². The van der Waals surface area contributed by atoms with Gasteiger partial charge in [0.25, 0.3) is 5.91 Å². The third-order valence-electron chi connectivity index (χ3n) is 2.65. The summed E-state index contributed by atoms with van der Waals surface area (Å²) in [4.78, 5) is 11.9. The summed E-state index contributed by atoms with van der Waals surface area (Å²) in [5.41, 5.74) is 1.16. The molecule has 1 amide bonds. The number of carbonyl (C=O) groups is 1. The highest BCUT2D eigenvalue weighted by Gasteiger charge is 2.19. The quantitative estimate of drug-likeness (QED) is 0.888. The van der Waals surface area contributed by atoms with Crippen molar-refractivity contribution in [3.63, 3.8) is 0 Å². The second-order valence-corrected chi connectivity index (χ2v) is 7.76. The maximum Gasteiger partial charge on any atom is 0.255 e. The molecule has 0 spiro atoms. The normalized spacial score (nSPS) is 13.1. The minimum Gasteiger partial charge on any atom is -0.507 e. The summed E-state index contributed by atoms with van der Waals surface area (Å²) in [7, 11) is -0.997. The van der Waals surface area contributed by atoms with E-state index in [1.165, 1.54) is 6.07 Å². The summed E-state index contributed by atoms with van der Waals surface area (Å²) in [6.07, 6.45) is 0. The fourth-order valence-electron chi connectivity index (χ4n) is 1.49. The van der Waals surface area contributed by atoms with Crippen LogP contribution in [0.2, 0.25) is 0 Å². The summed E-state index contributed by atoms with van der Waals surface area (Å²) in [5.74, 6) is 0.0223. The number of carbonyl (C=O) groups excluding carboxylic acids is 1. The number of phenols is 1. The zero-order valence-electron chi connectivity index (χ0n) is 11.8. The highest BCUT2D eigenvalue weighted by molar-refractivity contribution is 7.86. The van der Waals surface area contributed by atoms with E-state index >= 15 is 0 Å². The number of amides is 1. The maximum absolute atomic E-state index is 11.9. The molecular formula is C14H21NO3S. The van der Waals surface area contributed by atoms with Gasteiger partial charge in [-0.25, -0.2) is 0 Å². The molecule has 4 nitrogen and oxygen atoms in total. The van der Waals surface area contributed by atoms with Gasteiger partial charge in [-0.2, -0.15) is 0 Å². The van der Waals surface area contributed by atoms with Crippen molar-refractivity contribution in [1.29, 1.82) is 0 Å². The van der Waals surface area contributed by atoms with Crippen LogP contribution in [0.3, 0.4) is 0 Å². The number of hydrogen-bond acceptors (Lipinski definition) is 3. The molecule has 0 aliphatic rings. The third-order valence-corrected chi connectivity index (χ3v) is 4.59. The first-order chi connectivity index (χ1) is 8.71. The van der Waals surface area contributed by atoms with Crippen LogP contribution in [0.25, 0.3) is 0 Å². The molecule has 0 aromatic heterocycles. The molecule has 0 aliphatic carbocycles. The van der Waals surface area contributed by atoms with Crippen molar-refractivity contribution in [3.8, 4) is 5.75 Å². The van der Waals surface area contributed by atoms with Crippen LogP contribution in [-0.2, 0) is 10.8 Å². The molecule has 0 radical (unpaired) electrons. The summed E-state index contributed by atoms with van der Waals surface area (Å²) in [6.45, 7) is 7.88. The summed E-state index contributed by atoms with van der Waals surface area (Å²) in [5, 5.41) is 12.3. The molecule has 0 fully saturated rings. The molecule has 19 heavy (non-hydrogen) atoms. The van der Waals surface area contributed by atoms with Gasteiger partial charge < -0.3 is 10.4 Å². The molecule has 0 bridgehead atoms. The number of hydrogen-bond donors (Lipinski definition) is 2. The van der Waals surface area contributed by atoms with Gasteiger partial charge in [0.05, 0.1) is 5.56 Å². The van der Waals surface area contributed by atoms with Gasteiger partial charge >= 0.3 is 0 Å². The molecule has 0 saturated heterocycles. The summed E-state index contributed by atoms with van der Waals surface area (Å²) < 4.78 is 11.5. The van der Waals surface area contributed by atoms with E-state index in [4.69, 9.17) is 0 Å². The lowest BCUT2D eigenvalue weighted by Gasteiger charge is -2.17. The van der Waals surface area contributed by atoms with Crippen molar-refractivity contribution >= 4 is 16.7 Å². The summed E-state index contributed by atoms with van der Waals surface area (Å²) in [6, 6.07) is 4.86. The molecule has 5 heteroatoms. The SMILES string of the molecule is Cc1ccc(O)c(C(=O)NCC[S@@](=O)C(C)(C)C)c1. The Kier molecular flexibility index (Phi) is 5.11. The van der Waals surface area contributed by atoms with Crippen LogP contribution < -0.4 is 5.32 Å². The van der Waals surface area contributed by atoms with Gasteiger partial charge in [-0.05, 0) is 39.8 Å². The van der Waals surface area contributed by atoms with E-state index in [1.807, 2.05) is 27.7 Å². The number of rotatable bonds is 4. The van der Waals surface area contributed by atoms with Gasteiger partial charge in [0.1, 0.15) is 5.75 Å². The number of aromatic hydroxyl groups is 1. The Hall–Kier alpha value is -1.36. The van der Waals surface area contributed by atoms with Gasteiger partial charge in [-0.3, -0.25) is 9.00 Å². The van der Waals surface area contributed by atoms with Crippen LogP contribution in [0.5, 0.6) is 5.75 Å². The van der Waals surface area contributed by atoms with E-state index in [0.29, 0.717) is 12.3 Å². The molecule has 106 valence electrons. The van der Waals surface area contributed by atoms with Crippen molar-refractivity contribution in [2.45, 2.75) is 32.4 Å². The zero-order chi connectivity index (χ0) is 14.6. The van der Waals surface area contributed by atoms with Gasteiger partial charge in [0.2, 0.25) is 0 Å². The lowest BCUT2D eigenvalue weighted by Crippen LogP contribution is -2.32. The van der Waals surface area contributed by atoms with Crippen molar-refractivity contribution in [2.75, 3.05) is 12.3 Å². The van der Waals surface area contributed by atoms with Crippen LogP contribution in [0.15, 0.2) is 18.2 Å². The standard InChI is InChI=1S/C14H21NO3S/c1-10-5-6-12(16)11(9-10)13(17)15-7-8-19(18)14(2,3)4/h5-6,9,16H,7-8H2,1-4H3,(H,15,17)/t19-/m1/s1. The Morgan fingerprint density at radius 3 is 2.58 bits per heavy atom. The molecule has 1 aromatic carbocycles. The smallest absolute Gasteiger partial charge is 0.255 e. The Morgan fingerprint density at radius 1 is 1.37 bits per heavy atom. The molecule has 0 aliphatic heterocycles. The van der Waals surface area contributed by atoms with Crippen LogP contribution in [0.4, 0.5) is 0 Å². The summed E-state index contributed by atoms with van der Waals surface area (Å²) >= 11 is 0. The van der Waals surface area contributed by atoms with Gasteiger partial charge in [-0.15, -0.1) is 0 Å². The van der Waals surface area contributed by atoms with E-state index in [1.54, 1.807) is 12.1 Å². The van der Waals surface area contributed by atoms with Crippen molar-refractivity contribution < 1.29 is 14.1 Å². The van der Waals surface area contributed by atoms with Gasteiger partial charge in [-0.1, -0.05) is 11.6 Å². The number of aryl methyl sites for hydroxylation is 1. The van der Waals surface area contributed by atoms with E-state index < -0.39 is 10.8 Å². The molecule has 1 rings (SSSR count). The molecule has 1 aromatic rings. The van der Waals surface area contributed by atoms with Crippen LogP contribution in [0, 0.1) is 6.92 Å². The highest BCUT2D eigenvalue weighted by atomic mass is 32.2. The predicted molar refractivity (Wildman–Crippen MR) is 77.9 cm³/mol. The van der Waals surface area contributed by atoms with E-state index in [-0.39, 0.29) is 22.0 Å². The van der Waals surface area contributed by atoms with Gasteiger partial charge in [0, 0.05) is 27.8 Å².